The van der Waals surface area contributed by atoms with E-state index in [1.54, 1.807) is 14.2 Å². The van der Waals surface area contributed by atoms with Gasteiger partial charge in [0.1, 0.15) is 12.2 Å². The molecule has 0 aliphatic carbocycles. The highest BCUT2D eigenvalue weighted by Crippen LogP contribution is 2.29. The van der Waals surface area contributed by atoms with Gasteiger partial charge in [-0.15, -0.1) is 0 Å². The lowest BCUT2D eigenvalue weighted by atomic mass is 10.3. The molecule has 0 aromatic carbocycles. The number of rotatable bonds is 3. The molecule has 0 spiro atoms. The molecule has 0 bridgehead atoms. The number of hydrogen-bond donors (Lipinski definition) is 1. The molecule has 2 N–H and O–H groups in total. The zero-order valence-corrected chi connectivity index (χ0v) is 10.8. The number of nitrogens with two attached hydrogens (primary N) is 1. The van der Waals surface area contributed by atoms with Crippen LogP contribution in [0.5, 0.6) is 0 Å². The topological polar surface area (TPSA) is 65.5 Å². The van der Waals surface area contributed by atoms with Crippen LogP contribution in [0.4, 0.5) is 11.5 Å². The summed E-state index contributed by atoms with van der Waals surface area (Å²) in [7, 11) is 5.32. The number of anilines is 2. The van der Waals surface area contributed by atoms with E-state index in [1.807, 2.05) is 18.7 Å². The first-order valence-corrected chi connectivity index (χ1v) is 5.68. The molecule has 1 aromatic heterocycles. The van der Waals surface area contributed by atoms with Gasteiger partial charge in [-0.05, 0) is 6.92 Å². The average Bonchev–Trinajstić information content (AvgIpc) is 2.81. The first kappa shape index (κ1) is 12.2. The predicted octanol–water partition coefficient (Wildman–Crippen LogP) is 0.161. The fourth-order valence-corrected chi connectivity index (χ4v) is 2.41. The third kappa shape index (κ3) is 1.98. The van der Waals surface area contributed by atoms with E-state index in [1.165, 1.54) is 0 Å². The van der Waals surface area contributed by atoms with Gasteiger partial charge in [0.2, 0.25) is 0 Å². The van der Waals surface area contributed by atoms with Gasteiger partial charge in [-0.1, -0.05) is 0 Å². The summed E-state index contributed by atoms with van der Waals surface area (Å²) in [5.41, 5.74) is 7.64. The number of aromatic nitrogens is 2. The van der Waals surface area contributed by atoms with Crippen molar-refractivity contribution in [2.75, 3.05) is 37.9 Å². The molecule has 1 aliphatic heterocycles. The monoisotopic (exact) mass is 240 g/mol. The van der Waals surface area contributed by atoms with Gasteiger partial charge in [-0.3, -0.25) is 4.68 Å². The van der Waals surface area contributed by atoms with Crippen molar-refractivity contribution in [2.24, 2.45) is 7.05 Å². The summed E-state index contributed by atoms with van der Waals surface area (Å²) in [6.07, 6.45) is 0.157. The third-order valence-corrected chi connectivity index (χ3v) is 3.36. The fraction of sp³-hybridized carbons (Fsp3) is 0.727. The van der Waals surface area contributed by atoms with Crippen LogP contribution in [0.2, 0.25) is 0 Å². The van der Waals surface area contributed by atoms with Crippen molar-refractivity contribution < 1.29 is 9.47 Å². The second kappa shape index (κ2) is 4.54. The standard InChI is InChI=1S/C11H20N4O2/c1-7-10(12)11(14(2)13-7)15-5-8(16-3)9(6-15)17-4/h8-9H,5-6,12H2,1-4H3. The van der Waals surface area contributed by atoms with Crippen molar-refractivity contribution in [1.82, 2.24) is 9.78 Å². The molecule has 2 heterocycles. The molecule has 1 aliphatic rings. The highest BCUT2D eigenvalue weighted by Gasteiger charge is 2.35. The molecule has 0 radical (unpaired) electrons. The van der Waals surface area contributed by atoms with Gasteiger partial charge in [-0.25, -0.2) is 0 Å². The van der Waals surface area contributed by atoms with E-state index >= 15 is 0 Å². The summed E-state index contributed by atoms with van der Waals surface area (Å²) in [5, 5.41) is 4.33. The van der Waals surface area contributed by atoms with Crippen molar-refractivity contribution in [3.8, 4) is 0 Å². The molecule has 2 unspecified atom stereocenters. The van der Waals surface area contributed by atoms with Crippen LogP contribution < -0.4 is 10.6 Å². The molecule has 1 fully saturated rings. The van der Waals surface area contributed by atoms with Crippen LogP contribution >= 0.6 is 0 Å². The summed E-state index contributed by atoms with van der Waals surface area (Å²) >= 11 is 0. The van der Waals surface area contributed by atoms with Gasteiger partial charge < -0.3 is 20.1 Å². The number of ether oxygens (including phenoxy) is 2. The van der Waals surface area contributed by atoms with Gasteiger partial charge in [0.25, 0.3) is 0 Å². The van der Waals surface area contributed by atoms with Gasteiger partial charge in [-0.2, -0.15) is 5.10 Å². The average molecular weight is 240 g/mol. The third-order valence-electron chi connectivity index (χ3n) is 3.36. The first-order valence-electron chi connectivity index (χ1n) is 5.68. The SMILES string of the molecule is COC1CN(c2c(N)c(C)nn2C)CC1OC. The number of aryl methyl sites for hydroxylation is 2. The zero-order valence-electron chi connectivity index (χ0n) is 10.8. The largest absolute Gasteiger partial charge is 0.394 e. The molecule has 1 aromatic rings. The zero-order chi connectivity index (χ0) is 12.6. The molecule has 96 valence electrons. The fourth-order valence-electron chi connectivity index (χ4n) is 2.41. The second-order valence-corrected chi connectivity index (χ2v) is 4.40. The summed E-state index contributed by atoms with van der Waals surface area (Å²) in [5.74, 6) is 0.948. The molecule has 2 rings (SSSR count). The van der Waals surface area contributed by atoms with Crippen molar-refractivity contribution in [1.29, 1.82) is 0 Å². The maximum Gasteiger partial charge on any atom is 0.150 e. The van der Waals surface area contributed by atoms with E-state index in [-0.39, 0.29) is 12.2 Å². The van der Waals surface area contributed by atoms with Crippen molar-refractivity contribution >= 4 is 11.5 Å². The Hall–Kier alpha value is -1.27. The highest BCUT2D eigenvalue weighted by molar-refractivity contribution is 5.66. The molecule has 17 heavy (non-hydrogen) atoms. The Labute approximate surface area is 101 Å². The lowest BCUT2D eigenvalue weighted by Gasteiger charge is -2.18. The smallest absolute Gasteiger partial charge is 0.150 e. The minimum atomic E-state index is 0.0783. The first-order chi connectivity index (χ1) is 8.08. The van der Waals surface area contributed by atoms with Crippen molar-refractivity contribution in [3.05, 3.63) is 5.69 Å². The molecule has 0 amide bonds. The van der Waals surface area contributed by atoms with E-state index in [0.717, 1.165) is 30.3 Å². The van der Waals surface area contributed by atoms with Crippen LogP contribution in [0.25, 0.3) is 0 Å². The highest BCUT2D eigenvalue weighted by atomic mass is 16.5. The Kier molecular flexibility index (Phi) is 3.26. The van der Waals surface area contributed by atoms with E-state index in [2.05, 4.69) is 10.00 Å². The van der Waals surface area contributed by atoms with E-state index in [9.17, 15) is 0 Å². The number of nitrogens with zero attached hydrogens (tertiary/aromatic N) is 3. The Morgan fingerprint density at radius 2 is 1.76 bits per heavy atom. The number of nitrogen functional groups attached to an aromatic ring is 1. The minimum Gasteiger partial charge on any atom is -0.394 e. The molecule has 6 heteroatoms. The summed E-state index contributed by atoms with van der Waals surface area (Å²) < 4.78 is 12.6. The molecule has 2 atom stereocenters. The van der Waals surface area contributed by atoms with Crippen LogP contribution in [0.15, 0.2) is 0 Å². The van der Waals surface area contributed by atoms with Crippen LogP contribution in [0.3, 0.4) is 0 Å². The van der Waals surface area contributed by atoms with E-state index in [4.69, 9.17) is 15.2 Å². The predicted molar refractivity (Wildman–Crippen MR) is 66.2 cm³/mol. The lowest BCUT2D eigenvalue weighted by Crippen LogP contribution is -2.27. The second-order valence-electron chi connectivity index (χ2n) is 4.40. The summed E-state index contributed by atoms with van der Waals surface area (Å²) in [4.78, 5) is 2.16. The van der Waals surface area contributed by atoms with Gasteiger partial charge in [0, 0.05) is 34.4 Å². The van der Waals surface area contributed by atoms with E-state index in [0.29, 0.717) is 0 Å². The van der Waals surface area contributed by atoms with Gasteiger partial charge in [0.15, 0.2) is 5.82 Å². The maximum atomic E-state index is 6.05. The van der Waals surface area contributed by atoms with Gasteiger partial charge >= 0.3 is 0 Å². The van der Waals surface area contributed by atoms with Gasteiger partial charge in [0.05, 0.1) is 11.4 Å². The Balaban J connectivity index is 2.24. The Morgan fingerprint density at radius 3 is 2.12 bits per heavy atom. The van der Waals surface area contributed by atoms with Crippen LogP contribution in [-0.4, -0.2) is 49.3 Å². The molecular formula is C11H20N4O2. The Bertz CT molecular complexity index is 392. The molecular weight excluding hydrogens is 220 g/mol. The lowest BCUT2D eigenvalue weighted by molar-refractivity contribution is -0.00461. The molecule has 0 saturated carbocycles. The van der Waals surface area contributed by atoms with Crippen LogP contribution in [0.1, 0.15) is 5.69 Å². The van der Waals surface area contributed by atoms with Crippen molar-refractivity contribution in [2.45, 2.75) is 19.1 Å². The molecule has 1 saturated heterocycles. The van der Waals surface area contributed by atoms with E-state index < -0.39 is 0 Å². The molecule has 6 nitrogen and oxygen atoms in total. The summed E-state index contributed by atoms with van der Waals surface area (Å²) in [6, 6.07) is 0. The van der Waals surface area contributed by atoms with Crippen LogP contribution in [0, 0.1) is 6.92 Å². The quantitative estimate of drug-likeness (QED) is 0.815. The number of hydrogen-bond acceptors (Lipinski definition) is 5. The minimum absolute atomic E-state index is 0.0783. The van der Waals surface area contributed by atoms with Crippen molar-refractivity contribution in [3.63, 3.8) is 0 Å². The van der Waals surface area contributed by atoms with Crippen LogP contribution in [-0.2, 0) is 16.5 Å². The normalized spacial score (nSPS) is 24.6. The Morgan fingerprint density at radius 1 is 1.24 bits per heavy atom. The number of methoxy groups -OCH3 is 2. The summed E-state index contributed by atoms with van der Waals surface area (Å²) in [6.45, 7) is 3.47. The maximum absolute atomic E-state index is 6.05.